The Balaban J connectivity index is 3.22. The van der Waals surface area contributed by atoms with E-state index in [1.165, 1.54) is 0 Å². The molecule has 0 amide bonds. The molecule has 0 aliphatic carbocycles. The molecule has 9 heteroatoms. The summed E-state index contributed by atoms with van der Waals surface area (Å²) >= 11 is 0. The molecule has 1 aromatic heterocycles. The first-order valence-electron chi connectivity index (χ1n) is 3.16. The third kappa shape index (κ3) is 1.44. The first-order chi connectivity index (χ1) is 6.30. The topological polar surface area (TPSA) is 54.6 Å². The maximum atomic E-state index is 12.6. The Bertz CT molecular complexity index is 340. The Hall–Kier alpha value is -1.54. The molecule has 14 heavy (non-hydrogen) atoms. The number of hydrogen-bond acceptors (Lipinski definition) is 3. The van der Waals surface area contributed by atoms with Gasteiger partial charge in [-0.25, -0.2) is 4.57 Å². The molecule has 4 nitrogen and oxygen atoms in total. The average Bonchev–Trinajstić information content (AvgIpc) is 2.49. The second kappa shape index (κ2) is 3.00. The molecule has 1 heterocycles. The summed E-state index contributed by atoms with van der Waals surface area (Å²) in [7, 11) is 0. The summed E-state index contributed by atoms with van der Waals surface area (Å²) in [6.07, 6.45) is -5.27. The predicted molar refractivity (Wildman–Crippen MR) is 34.2 cm³/mol. The van der Waals surface area contributed by atoms with E-state index in [2.05, 4.69) is 10.2 Å². The third-order valence-corrected chi connectivity index (χ3v) is 1.35. The van der Waals surface area contributed by atoms with Crippen molar-refractivity contribution < 1.29 is 22.0 Å². The van der Waals surface area contributed by atoms with Gasteiger partial charge in [0.25, 0.3) is 0 Å². The molecule has 1 N–H and O–H groups in total. The Morgan fingerprint density at radius 3 is 2.29 bits per heavy atom. The summed E-state index contributed by atoms with van der Waals surface area (Å²) in [6, 6.07) is -5.11. The molecule has 0 aliphatic rings. The van der Waals surface area contributed by atoms with Gasteiger partial charge >= 0.3 is 12.2 Å². The highest BCUT2D eigenvalue weighted by Crippen LogP contribution is 2.39. The minimum Gasteiger partial charge on any atom is -0.305 e. The molecule has 1 aromatic rings. The molecule has 0 aliphatic heterocycles. The van der Waals surface area contributed by atoms with Crippen molar-refractivity contribution in [3.63, 3.8) is 0 Å². The molecule has 0 spiro atoms. The van der Waals surface area contributed by atoms with Gasteiger partial charge in [-0.05, 0) is 0 Å². The summed E-state index contributed by atoms with van der Waals surface area (Å²) in [5, 5.41) is 12.3. The van der Waals surface area contributed by atoms with Gasteiger partial charge in [-0.1, -0.05) is 0 Å². The molecule has 0 saturated heterocycles. The lowest BCUT2D eigenvalue weighted by Gasteiger charge is -2.20. The van der Waals surface area contributed by atoms with E-state index in [1.54, 1.807) is 0 Å². The van der Waals surface area contributed by atoms with Gasteiger partial charge < -0.3 is 5.41 Å². The summed E-state index contributed by atoms with van der Waals surface area (Å²) < 4.78 is 60.1. The van der Waals surface area contributed by atoms with Crippen molar-refractivity contribution >= 4 is 6.21 Å². The second-order valence-electron chi connectivity index (χ2n) is 2.24. The number of nitrogens with zero attached hydrogens (tertiary/aromatic N) is 3. The van der Waals surface area contributed by atoms with Gasteiger partial charge in [0.2, 0.25) is 0 Å². The predicted octanol–water partition coefficient (Wildman–Crippen LogP) is 1.39. The van der Waals surface area contributed by atoms with Crippen molar-refractivity contribution in [2.75, 3.05) is 0 Å². The molecule has 0 unspecified atom stereocenters. The summed E-state index contributed by atoms with van der Waals surface area (Å²) in [4.78, 5) is 0. The quantitative estimate of drug-likeness (QED) is 0.597. The molecule has 0 saturated carbocycles. The van der Waals surface area contributed by atoms with Gasteiger partial charge in [0.1, 0.15) is 6.33 Å². The molecule has 0 aromatic carbocycles. The molecule has 0 fully saturated rings. The van der Waals surface area contributed by atoms with Crippen LogP contribution in [0.25, 0.3) is 0 Å². The zero-order valence-corrected chi connectivity index (χ0v) is 6.39. The van der Waals surface area contributed by atoms with Gasteiger partial charge in [0.05, 0.1) is 6.21 Å². The van der Waals surface area contributed by atoms with Crippen molar-refractivity contribution in [1.82, 2.24) is 14.8 Å². The molecular weight excluding hydrogens is 211 g/mol. The Labute approximate surface area is 73.9 Å². The lowest BCUT2D eigenvalue weighted by atomic mass is 10.5. The van der Waals surface area contributed by atoms with E-state index in [0.29, 0.717) is 0 Å². The van der Waals surface area contributed by atoms with Crippen LogP contribution in [0.15, 0.2) is 6.33 Å². The first-order valence-corrected chi connectivity index (χ1v) is 3.16. The fourth-order valence-corrected chi connectivity index (χ4v) is 0.695. The lowest BCUT2D eigenvalue weighted by Crippen LogP contribution is -2.40. The largest absolute Gasteiger partial charge is 0.475 e. The summed E-state index contributed by atoms with van der Waals surface area (Å²) in [6.45, 7) is 0. The average molecular weight is 214 g/mol. The van der Waals surface area contributed by atoms with E-state index in [9.17, 15) is 22.0 Å². The number of nitrogens with one attached hydrogen (secondary N) is 1. The van der Waals surface area contributed by atoms with Crippen LogP contribution in [0.3, 0.4) is 0 Å². The zero-order chi connectivity index (χ0) is 11.0. The van der Waals surface area contributed by atoms with Crippen LogP contribution in [0.1, 0.15) is 5.82 Å². The fraction of sp³-hybridized carbons (Fsp3) is 0.400. The van der Waals surface area contributed by atoms with Gasteiger partial charge in [0, 0.05) is 0 Å². The molecular formula is C5H3F5N4. The molecule has 1 rings (SSSR count). The normalized spacial score (nSPS) is 12.9. The maximum Gasteiger partial charge on any atom is 0.475 e. The lowest BCUT2D eigenvalue weighted by molar-refractivity contribution is -0.324. The zero-order valence-electron chi connectivity index (χ0n) is 6.39. The van der Waals surface area contributed by atoms with Crippen LogP contribution >= 0.6 is 0 Å². The number of hydrogen-bond donors (Lipinski definition) is 1. The third-order valence-electron chi connectivity index (χ3n) is 1.35. The van der Waals surface area contributed by atoms with E-state index in [-0.39, 0.29) is 12.5 Å². The van der Waals surface area contributed by atoms with E-state index >= 15 is 0 Å². The SMILES string of the molecule is N=Cc1nncn1C(F)(F)C(F)(F)F. The molecule has 78 valence electrons. The van der Waals surface area contributed by atoms with Gasteiger partial charge in [0.15, 0.2) is 5.82 Å². The number of aromatic nitrogens is 3. The van der Waals surface area contributed by atoms with Crippen molar-refractivity contribution in [1.29, 1.82) is 5.41 Å². The van der Waals surface area contributed by atoms with E-state index in [1.807, 2.05) is 0 Å². The van der Waals surface area contributed by atoms with Crippen LogP contribution in [-0.4, -0.2) is 27.2 Å². The van der Waals surface area contributed by atoms with Crippen LogP contribution in [0, 0.1) is 5.41 Å². The van der Waals surface area contributed by atoms with Gasteiger partial charge in [-0.15, -0.1) is 10.2 Å². The molecule has 0 atom stereocenters. The van der Waals surface area contributed by atoms with Crippen LogP contribution in [-0.2, 0) is 6.05 Å². The smallest absolute Gasteiger partial charge is 0.305 e. The van der Waals surface area contributed by atoms with Crippen LogP contribution in [0.5, 0.6) is 0 Å². The first kappa shape index (κ1) is 10.5. The van der Waals surface area contributed by atoms with E-state index in [4.69, 9.17) is 5.41 Å². The van der Waals surface area contributed by atoms with Crippen LogP contribution in [0.4, 0.5) is 22.0 Å². The number of alkyl halides is 5. The maximum absolute atomic E-state index is 12.6. The van der Waals surface area contributed by atoms with E-state index in [0.717, 1.165) is 0 Å². The van der Waals surface area contributed by atoms with Gasteiger partial charge in [-0.3, -0.25) is 0 Å². The highest BCUT2D eigenvalue weighted by atomic mass is 19.4. The van der Waals surface area contributed by atoms with E-state index < -0.39 is 22.6 Å². The Morgan fingerprint density at radius 1 is 1.29 bits per heavy atom. The number of rotatable bonds is 2. The fourth-order valence-electron chi connectivity index (χ4n) is 0.695. The number of halogens is 5. The van der Waals surface area contributed by atoms with Crippen molar-refractivity contribution in [3.05, 3.63) is 12.2 Å². The molecule has 0 bridgehead atoms. The van der Waals surface area contributed by atoms with Crippen molar-refractivity contribution in [2.24, 2.45) is 0 Å². The van der Waals surface area contributed by atoms with Crippen molar-refractivity contribution in [3.8, 4) is 0 Å². The minimum absolute atomic E-state index is 0.216. The Morgan fingerprint density at radius 2 is 1.86 bits per heavy atom. The van der Waals surface area contributed by atoms with Crippen molar-refractivity contribution in [2.45, 2.75) is 12.2 Å². The monoisotopic (exact) mass is 214 g/mol. The Kier molecular flexibility index (Phi) is 2.26. The molecule has 0 radical (unpaired) electrons. The van der Waals surface area contributed by atoms with Gasteiger partial charge in [-0.2, -0.15) is 22.0 Å². The summed E-state index contributed by atoms with van der Waals surface area (Å²) in [5.74, 6) is -0.868. The minimum atomic E-state index is -5.74. The van der Waals surface area contributed by atoms with Crippen LogP contribution < -0.4 is 0 Å². The standard InChI is InChI=1S/C5H3F5N4/c6-4(7,8)5(9,10)14-2-12-13-3(14)1-11/h1-2,11H. The van der Waals surface area contributed by atoms with Crippen LogP contribution in [0.2, 0.25) is 0 Å². The second-order valence-corrected chi connectivity index (χ2v) is 2.24. The highest BCUT2D eigenvalue weighted by Gasteiger charge is 2.60. The summed E-state index contributed by atoms with van der Waals surface area (Å²) in [5.41, 5.74) is 0. The highest BCUT2D eigenvalue weighted by molar-refractivity contribution is 5.71.